The molecular formula is C8H6F3NO3. The van der Waals surface area contributed by atoms with Gasteiger partial charge in [0.15, 0.2) is 6.10 Å². The SMILES string of the molecule is O=C(O)c1ccc(C(O)C(F)(F)F)cn1. The summed E-state index contributed by atoms with van der Waals surface area (Å²) in [5.74, 6) is -1.34. The zero-order valence-electron chi connectivity index (χ0n) is 7.19. The van der Waals surface area contributed by atoms with Gasteiger partial charge in [-0.2, -0.15) is 13.2 Å². The van der Waals surface area contributed by atoms with Crippen LogP contribution in [0.5, 0.6) is 0 Å². The highest BCUT2D eigenvalue weighted by Crippen LogP contribution is 2.31. The van der Waals surface area contributed by atoms with Gasteiger partial charge in [0.2, 0.25) is 0 Å². The van der Waals surface area contributed by atoms with Crippen LogP contribution in [0.15, 0.2) is 18.3 Å². The third-order valence-corrected chi connectivity index (χ3v) is 1.63. The summed E-state index contributed by atoms with van der Waals surface area (Å²) in [5, 5.41) is 17.2. The van der Waals surface area contributed by atoms with Crippen LogP contribution in [0, 0.1) is 0 Å². The number of alkyl halides is 3. The van der Waals surface area contributed by atoms with Crippen molar-refractivity contribution in [1.29, 1.82) is 0 Å². The maximum absolute atomic E-state index is 12.0. The van der Waals surface area contributed by atoms with E-state index in [0.29, 0.717) is 6.20 Å². The molecule has 1 aromatic heterocycles. The van der Waals surface area contributed by atoms with Crippen LogP contribution in [0.3, 0.4) is 0 Å². The molecule has 0 saturated heterocycles. The van der Waals surface area contributed by atoms with Crippen molar-refractivity contribution in [3.63, 3.8) is 0 Å². The number of aromatic carboxylic acids is 1. The lowest BCUT2D eigenvalue weighted by Crippen LogP contribution is -2.20. The lowest BCUT2D eigenvalue weighted by atomic mass is 10.1. The smallest absolute Gasteiger partial charge is 0.418 e. The largest absolute Gasteiger partial charge is 0.477 e. The Labute approximate surface area is 82.0 Å². The van der Waals surface area contributed by atoms with Crippen molar-refractivity contribution in [2.75, 3.05) is 0 Å². The zero-order valence-corrected chi connectivity index (χ0v) is 7.19. The number of carboxylic acid groups (broad SMARTS) is 1. The Hall–Kier alpha value is -1.63. The number of hydrogen-bond acceptors (Lipinski definition) is 3. The van der Waals surface area contributed by atoms with Gasteiger partial charge in [0.25, 0.3) is 0 Å². The third kappa shape index (κ3) is 2.66. The van der Waals surface area contributed by atoms with Crippen LogP contribution in [0.25, 0.3) is 0 Å². The van der Waals surface area contributed by atoms with Crippen LogP contribution in [0.1, 0.15) is 22.2 Å². The third-order valence-electron chi connectivity index (χ3n) is 1.63. The van der Waals surface area contributed by atoms with E-state index in [2.05, 4.69) is 4.98 Å². The number of aliphatic hydroxyl groups is 1. The molecule has 0 fully saturated rings. The molecule has 0 aliphatic heterocycles. The average molecular weight is 221 g/mol. The molecule has 4 nitrogen and oxygen atoms in total. The van der Waals surface area contributed by atoms with Crippen molar-refractivity contribution < 1.29 is 28.2 Å². The fourth-order valence-corrected chi connectivity index (χ4v) is 0.883. The van der Waals surface area contributed by atoms with E-state index >= 15 is 0 Å². The van der Waals surface area contributed by atoms with E-state index in [1.54, 1.807) is 0 Å². The van der Waals surface area contributed by atoms with Crippen LogP contribution < -0.4 is 0 Å². The second kappa shape index (κ2) is 3.85. The Morgan fingerprint density at radius 2 is 2.00 bits per heavy atom. The van der Waals surface area contributed by atoms with Gasteiger partial charge < -0.3 is 10.2 Å². The van der Waals surface area contributed by atoms with Gasteiger partial charge in [-0.15, -0.1) is 0 Å². The number of aliphatic hydroxyl groups excluding tert-OH is 1. The quantitative estimate of drug-likeness (QED) is 0.791. The molecule has 0 bridgehead atoms. The van der Waals surface area contributed by atoms with E-state index in [-0.39, 0.29) is 5.69 Å². The van der Waals surface area contributed by atoms with Crippen LogP contribution in [0.2, 0.25) is 0 Å². The summed E-state index contributed by atoms with van der Waals surface area (Å²) in [4.78, 5) is 13.6. The Morgan fingerprint density at radius 1 is 1.40 bits per heavy atom. The summed E-state index contributed by atoms with van der Waals surface area (Å²) < 4.78 is 36.0. The van der Waals surface area contributed by atoms with Crippen molar-refractivity contribution in [3.05, 3.63) is 29.6 Å². The van der Waals surface area contributed by atoms with Gasteiger partial charge in [-0.25, -0.2) is 9.78 Å². The summed E-state index contributed by atoms with van der Waals surface area (Å²) in [6.45, 7) is 0. The molecule has 1 atom stereocenters. The van der Waals surface area contributed by atoms with E-state index in [0.717, 1.165) is 12.1 Å². The molecule has 2 N–H and O–H groups in total. The molecule has 1 rings (SSSR count). The van der Waals surface area contributed by atoms with Gasteiger partial charge in [0, 0.05) is 11.8 Å². The molecule has 0 aliphatic rings. The van der Waals surface area contributed by atoms with Crippen LogP contribution in [-0.2, 0) is 0 Å². The molecule has 1 unspecified atom stereocenters. The minimum absolute atomic E-state index is 0.381. The minimum atomic E-state index is -4.79. The second-order valence-corrected chi connectivity index (χ2v) is 2.73. The van der Waals surface area contributed by atoms with Crippen molar-refractivity contribution in [3.8, 4) is 0 Å². The van der Waals surface area contributed by atoms with Crippen LogP contribution in [-0.4, -0.2) is 27.3 Å². The summed E-state index contributed by atoms with van der Waals surface area (Å²) in [5.41, 5.74) is -0.874. The highest BCUT2D eigenvalue weighted by molar-refractivity contribution is 5.85. The molecule has 0 aromatic carbocycles. The van der Waals surface area contributed by atoms with E-state index in [9.17, 15) is 18.0 Å². The van der Waals surface area contributed by atoms with Gasteiger partial charge >= 0.3 is 12.1 Å². The summed E-state index contributed by atoms with van der Waals surface area (Å²) in [6.07, 6.45) is -6.75. The molecular weight excluding hydrogens is 215 g/mol. The number of aromatic nitrogens is 1. The fraction of sp³-hybridized carbons (Fsp3) is 0.250. The molecule has 82 valence electrons. The first-order valence-electron chi connectivity index (χ1n) is 3.76. The number of rotatable bonds is 2. The first-order chi connectivity index (χ1) is 6.82. The van der Waals surface area contributed by atoms with Crippen molar-refractivity contribution in [1.82, 2.24) is 4.98 Å². The van der Waals surface area contributed by atoms with Crippen LogP contribution in [0.4, 0.5) is 13.2 Å². The Balaban J connectivity index is 2.94. The average Bonchev–Trinajstić information content (AvgIpc) is 2.15. The Morgan fingerprint density at radius 3 is 2.33 bits per heavy atom. The summed E-state index contributed by atoms with van der Waals surface area (Å²) in [7, 11) is 0. The van der Waals surface area contributed by atoms with Crippen LogP contribution >= 0.6 is 0 Å². The molecule has 7 heteroatoms. The first kappa shape index (κ1) is 11.4. The Kier molecular flexibility index (Phi) is 2.94. The lowest BCUT2D eigenvalue weighted by molar-refractivity contribution is -0.206. The number of halogens is 3. The van der Waals surface area contributed by atoms with E-state index < -0.39 is 23.8 Å². The maximum atomic E-state index is 12.0. The fourth-order valence-electron chi connectivity index (χ4n) is 0.883. The lowest BCUT2D eigenvalue weighted by Gasteiger charge is -2.13. The Bertz CT molecular complexity index is 360. The maximum Gasteiger partial charge on any atom is 0.418 e. The first-order valence-corrected chi connectivity index (χ1v) is 3.76. The minimum Gasteiger partial charge on any atom is -0.477 e. The number of hydrogen-bond donors (Lipinski definition) is 2. The summed E-state index contributed by atoms with van der Waals surface area (Å²) >= 11 is 0. The molecule has 0 spiro atoms. The van der Waals surface area contributed by atoms with E-state index in [4.69, 9.17) is 10.2 Å². The second-order valence-electron chi connectivity index (χ2n) is 2.73. The standard InChI is InChI=1S/C8H6F3NO3/c9-8(10,11)6(13)4-1-2-5(7(14)15)12-3-4/h1-3,6,13H,(H,14,15). The topological polar surface area (TPSA) is 70.4 Å². The molecule has 0 amide bonds. The number of carboxylic acids is 1. The van der Waals surface area contributed by atoms with Crippen molar-refractivity contribution in [2.24, 2.45) is 0 Å². The number of nitrogens with zero attached hydrogens (tertiary/aromatic N) is 1. The molecule has 0 radical (unpaired) electrons. The van der Waals surface area contributed by atoms with E-state index in [1.165, 1.54) is 0 Å². The predicted molar refractivity (Wildman–Crippen MR) is 42.2 cm³/mol. The molecule has 1 heterocycles. The monoisotopic (exact) mass is 221 g/mol. The van der Waals surface area contributed by atoms with Gasteiger partial charge in [0.05, 0.1) is 0 Å². The number of pyridine rings is 1. The molecule has 0 aliphatic carbocycles. The van der Waals surface area contributed by atoms with Gasteiger partial charge in [0.1, 0.15) is 5.69 Å². The van der Waals surface area contributed by atoms with Crippen molar-refractivity contribution >= 4 is 5.97 Å². The van der Waals surface area contributed by atoms with E-state index in [1.807, 2.05) is 0 Å². The van der Waals surface area contributed by atoms with Crippen molar-refractivity contribution in [2.45, 2.75) is 12.3 Å². The molecule has 1 aromatic rings. The van der Waals surface area contributed by atoms with Gasteiger partial charge in [-0.1, -0.05) is 6.07 Å². The van der Waals surface area contributed by atoms with Gasteiger partial charge in [-0.05, 0) is 6.07 Å². The van der Waals surface area contributed by atoms with Gasteiger partial charge in [-0.3, -0.25) is 0 Å². The highest BCUT2D eigenvalue weighted by Gasteiger charge is 2.39. The zero-order chi connectivity index (χ0) is 11.6. The molecule has 0 saturated carbocycles. The highest BCUT2D eigenvalue weighted by atomic mass is 19.4. The normalized spacial score (nSPS) is 13.6. The predicted octanol–water partition coefficient (Wildman–Crippen LogP) is 1.38. The number of carbonyl (C=O) groups is 1. The summed E-state index contributed by atoms with van der Waals surface area (Å²) in [6, 6.07) is 1.77. The molecule has 15 heavy (non-hydrogen) atoms.